The Kier molecular flexibility index (Phi) is 3.84. The first-order valence-electron chi connectivity index (χ1n) is 7.28. The van der Waals surface area contributed by atoms with E-state index < -0.39 is 10.3 Å². The predicted molar refractivity (Wildman–Crippen MR) is 83.3 cm³/mol. The highest BCUT2D eigenvalue weighted by Gasteiger charge is 2.36. The largest absolute Gasteiger partial charge is 0.339 e. The first-order valence-corrected chi connectivity index (χ1v) is 7.28. The molecule has 9 nitrogen and oxygen atoms in total. The van der Waals surface area contributed by atoms with E-state index in [0.29, 0.717) is 23.8 Å². The number of aromatic nitrogens is 5. The molecule has 124 valence electrons. The molecule has 9 heteroatoms. The monoisotopic (exact) mass is 328 g/mol. The van der Waals surface area contributed by atoms with Gasteiger partial charge in [0.25, 0.3) is 5.69 Å². The highest BCUT2D eigenvalue weighted by Crippen LogP contribution is 2.33. The molecule has 3 aromatic rings. The molecule has 0 bridgehead atoms. The Morgan fingerprint density at radius 1 is 1.42 bits per heavy atom. The van der Waals surface area contributed by atoms with E-state index in [9.17, 15) is 10.1 Å². The Morgan fingerprint density at radius 3 is 2.88 bits per heavy atom. The van der Waals surface area contributed by atoms with E-state index in [-0.39, 0.29) is 5.69 Å². The van der Waals surface area contributed by atoms with E-state index in [0.717, 1.165) is 5.56 Å². The van der Waals surface area contributed by atoms with Crippen molar-refractivity contribution in [1.82, 2.24) is 24.9 Å². The minimum Gasteiger partial charge on any atom is -0.339 e. The summed E-state index contributed by atoms with van der Waals surface area (Å²) >= 11 is 0. The third-order valence-corrected chi connectivity index (χ3v) is 3.72. The molecule has 0 aliphatic heterocycles. The zero-order valence-electron chi connectivity index (χ0n) is 13.5. The van der Waals surface area contributed by atoms with Gasteiger partial charge in [-0.3, -0.25) is 19.8 Å². The van der Waals surface area contributed by atoms with Crippen molar-refractivity contribution < 1.29 is 9.45 Å². The van der Waals surface area contributed by atoms with Crippen molar-refractivity contribution in [3.63, 3.8) is 0 Å². The Balaban J connectivity index is 1.92. The molecule has 0 saturated carbocycles. The Hall–Kier alpha value is -3.10. The third kappa shape index (κ3) is 2.87. The minimum atomic E-state index is -0.861. The molecule has 0 unspecified atom stereocenters. The smallest absolute Gasteiger partial charge is 0.291 e. The van der Waals surface area contributed by atoms with Gasteiger partial charge in [0.05, 0.1) is 23.0 Å². The zero-order valence-corrected chi connectivity index (χ0v) is 13.5. The number of pyridine rings is 1. The van der Waals surface area contributed by atoms with Crippen molar-refractivity contribution in [2.75, 3.05) is 0 Å². The summed E-state index contributed by atoms with van der Waals surface area (Å²) in [6.07, 6.45) is 5.54. The molecule has 0 aliphatic rings. The van der Waals surface area contributed by atoms with Gasteiger partial charge in [0.15, 0.2) is 5.82 Å². The van der Waals surface area contributed by atoms with Crippen LogP contribution in [0.25, 0.3) is 0 Å². The van der Waals surface area contributed by atoms with Gasteiger partial charge in [0.2, 0.25) is 5.89 Å². The molecule has 0 radical (unpaired) electrons. The lowest BCUT2D eigenvalue weighted by Crippen LogP contribution is -2.23. The Labute approximate surface area is 137 Å². The summed E-state index contributed by atoms with van der Waals surface area (Å²) in [7, 11) is 1.83. The van der Waals surface area contributed by atoms with Crippen molar-refractivity contribution in [3.05, 3.63) is 63.8 Å². The summed E-state index contributed by atoms with van der Waals surface area (Å²) in [5.41, 5.74) is 0.305. The SMILES string of the molecule is Cn1cc(Cc2nc(C(C)(C)c3ncccc3[N+](=O)[O-])no2)cn1. The molecule has 0 saturated heterocycles. The zero-order chi connectivity index (χ0) is 17.3. The van der Waals surface area contributed by atoms with Crippen LogP contribution in [-0.2, 0) is 18.9 Å². The van der Waals surface area contributed by atoms with Crippen LogP contribution in [0.4, 0.5) is 5.69 Å². The van der Waals surface area contributed by atoms with E-state index in [2.05, 4.69) is 20.2 Å². The van der Waals surface area contributed by atoms with Crippen LogP contribution in [0.1, 0.15) is 36.8 Å². The van der Waals surface area contributed by atoms with Gasteiger partial charge in [0, 0.05) is 25.5 Å². The molecule has 0 atom stereocenters. The van der Waals surface area contributed by atoms with Gasteiger partial charge in [-0.15, -0.1) is 0 Å². The summed E-state index contributed by atoms with van der Waals surface area (Å²) in [6, 6.07) is 2.95. The maximum atomic E-state index is 11.2. The van der Waals surface area contributed by atoms with Gasteiger partial charge in [-0.2, -0.15) is 10.1 Å². The fraction of sp³-hybridized carbons (Fsp3) is 0.333. The van der Waals surface area contributed by atoms with Crippen LogP contribution < -0.4 is 0 Å². The number of nitrogens with zero attached hydrogens (tertiary/aromatic N) is 6. The van der Waals surface area contributed by atoms with E-state index in [1.165, 1.54) is 18.3 Å². The first-order chi connectivity index (χ1) is 11.4. The summed E-state index contributed by atoms with van der Waals surface area (Å²) in [5, 5.41) is 19.3. The number of nitro groups is 1. The van der Waals surface area contributed by atoms with Crippen molar-refractivity contribution >= 4 is 5.69 Å². The second kappa shape index (κ2) is 5.84. The van der Waals surface area contributed by atoms with Crippen LogP contribution >= 0.6 is 0 Å². The molecule has 0 aromatic carbocycles. The quantitative estimate of drug-likeness (QED) is 0.520. The van der Waals surface area contributed by atoms with Crippen LogP contribution in [0.5, 0.6) is 0 Å². The van der Waals surface area contributed by atoms with Gasteiger partial charge < -0.3 is 4.52 Å². The Morgan fingerprint density at radius 2 is 2.21 bits per heavy atom. The molecular formula is C15H16N6O3. The summed E-state index contributed by atoms with van der Waals surface area (Å²) in [4.78, 5) is 19.3. The lowest BCUT2D eigenvalue weighted by molar-refractivity contribution is -0.386. The van der Waals surface area contributed by atoms with Crippen molar-refractivity contribution in [2.45, 2.75) is 25.7 Å². The molecule has 3 rings (SSSR count). The molecule has 3 aromatic heterocycles. The average molecular weight is 328 g/mol. The molecule has 24 heavy (non-hydrogen) atoms. The molecular weight excluding hydrogens is 312 g/mol. The number of aryl methyl sites for hydroxylation is 1. The molecule has 0 N–H and O–H groups in total. The van der Waals surface area contributed by atoms with E-state index in [1.807, 2.05) is 13.2 Å². The summed E-state index contributed by atoms with van der Waals surface area (Å²) in [5.74, 6) is 0.771. The normalized spacial score (nSPS) is 11.6. The highest BCUT2D eigenvalue weighted by atomic mass is 16.6. The summed E-state index contributed by atoms with van der Waals surface area (Å²) in [6.45, 7) is 3.56. The van der Waals surface area contributed by atoms with Gasteiger partial charge in [0.1, 0.15) is 5.69 Å². The van der Waals surface area contributed by atoms with Crippen LogP contribution in [0, 0.1) is 10.1 Å². The number of hydrogen-bond acceptors (Lipinski definition) is 7. The lowest BCUT2D eigenvalue weighted by atomic mass is 9.87. The minimum absolute atomic E-state index is 0.0684. The number of rotatable bonds is 5. The van der Waals surface area contributed by atoms with E-state index in [1.54, 1.807) is 24.7 Å². The molecule has 0 spiro atoms. The molecule has 0 amide bonds. The topological polar surface area (TPSA) is 113 Å². The van der Waals surface area contributed by atoms with Gasteiger partial charge in [-0.05, 0) is 25.5 Å². The fourth-order valence-electron chi connectivity index (χ4n) is 2.45. The number of hydrogen-bond donors (Lipinski definition) is 0. The maximum Gasteiger partial charge on any atom is 0.291 e. The average Bonchev–Trinajstić information content (AvgIpc) is 3.17. The molecule has 0 aliphatic carbocycles. The third-order valence-electron chi connectivity index (χ3n) is 3.72. The predicted octanol–water partition coefficient (Wildman–Crippen LogP) is 2.02. The standard InChI is InChI=1S/C15H16N6O3/c1-15(2,13-11(21(22)23)5-4-6-16-13)14-18-12(24-19-14)7-10-8-17-20(3)9-10/h4-6,8-9H,7H2,1-3H3. The van der Waals surface area contributed by atoms with E-state index in [4.69, 9.17) is 4.52 Å². The van der Waals surface area contributed by atoms with Crippen molar-refractivity contribution in [3.8, 4) is 0 Å². The molecule has 3 heterocycles. The van der Waals surface area contributed by atoms with Crippen LogP contribution in [0.15, 0.2) is 35.2 Å². The van der Waals surface area contributed by atoms with Crippen molar-refractivity contribution in [2.24, 2.45) is 7.05 Å². The van der Waals surface area contributed by atoms with Crippen LogP contribution in [-0.4, -0.2) is 29.8 Å². The van der Waals surface area contributed by atoms with Crippen molar-refractivity contribution in [1.29, 1.82) is 0 Å². The van der Waals surface area contributed by atoms with E-state index >= 15 is 0 Å². The van der Waals surface area contributed by atoms with Crippen LogP contribution in [0.2, 0.25) is 0 Å². The second-order valence-electron chi connectivity index (χ2n) is 5.96. The molecule has 0 fully saturated rings. The Bertz CT molecular complexity index is 883. The maximum absolute atomic E-state index is 11.2. The fourth-order valence-corrected chi connectivity index (χ4v) is 2.45. The van der Waals surface area contributed by atoms with Gasteiger partial charge in [-0.25, -0.2) is 0 Å². The lowest BCUT2D eigenvalue weighted by Gasteiger charge is -2.19. The first kappa shape index (κ1) is 15.8. The van der Waals surface area contributed by atoms with Gasteiger partial charge in [-0.1, -0.05) is 5.16 Å². The van der Waals surface area contributed by atoms with Gasteiger partial charge >= 0.3 is 0 Å². The van der Waals surface area contributed by atoms with Crippen LogP contribution in [0.3, 0.4) is 0 Å². The highest BCUT2D eigenvalue weighted by molar-refractivity contribution is 5.42. The summed E-state index contributed by atoms with van der Waals surface area (Å²) < 4.78 is 6.98. The second-order valence-corrected chi connectivity index (χ2v) is 5.96.